The standard InChI is InChI=1S/C25H23N3O5/c1-3-16-11-22-23(33-10-9-32-22)12-17(16)7-8-26-24-14-20(27-15-28-24)18-5-6-19(25(29)30)21(13-18)31-4-2/h1,5-6,11-15H,4,7-10H2,2H3,(H,29,30)(H,26,27,28). The summed E-state index contributed by atoms with van der Waals surface area (Å²) in [6.45, 7) is 3.78. The van der Waals surface area contributed by atoms with Gasteiger partial charge in [0.25, 0.3) is 0 Å². The second kappa shape index (κ2) is 9.92. The fourth-order valence-electron chi connectivity index (χ4n) is 3.54. The molecule has 8 heteroatoms. The third-order valence-corrected chi connectivity index (χ3v) is 5.10. The van der Waals surface area contributed by atoms with Gasteiger partial charge >= 0.3 is 5.97 Å². The summed E-state index contributed by atoms with van der Waals surface area (Å²) in [4.78, 5) is 20.0. The molecule has 0 spiro atoms. The van der Waals surface area contributed by atoms with Crippen LogP contribution >= 0.6 is 0 Å². The average Bonchev–Trinajstić information content (AvgIpc) is 2.83. The number of carboxylic acids is 1. The molecule has 0 atom stereocenters. The zero-order valence-electron chi connectivity index (χ0n) is 18.1. The maximum Gasteiger partial charge on any atom is 0.339 e. The van der Waals surface area contributed by atoms with E-state index in [4.69, 9.17) is 20.6 Å². The molecule has 3 aromatic rings. The molecule has 4 rings (SSSR count). The molecule has 0 saturated heterocycles. The van der Waals surface area contributed by atoms with Crippen molar-refractivity contribution in [2.75, 3.05) is 31.7 Å². The van der Waals surface area contributed by atoms with E-state index in [-0.39, 0.29) is 5.56 Å². The highest BCUT2D eigenvalue weighted by molar-refractivity contribution is 5.91. The summed E-state index contributed by atoms with van der Waals surface area (Å²) >= 11 is 0. The summed E-state index contributed by atoms with van der Waals surface area (Å²) in [7, 11) is 0. The summed E-state index contributed by atoms with van der Waals surface area (Å²) in [6.07, 6.45) is 7.80. The van der Waals surface area contributed by atoms with Crippen molar-refractivity contribution in [3.63, 3.8) is 0 Å². The van der Waals surface area contributed by atoms with Gasteiger partial charge in [-0.15, -0.1) is 6.42 Å². The Morgan fingerprint density at radius 3 is 2.70 bits per heavy atom. The van der Waals surface area contributed by atoms with E-state index >= 15 is 0 Å². The van der Waals surface area contributed by atoms with Crippen LogP contribution in [0.2, 0.25) is 0 Å². The van der Waals surface area contributed by atoms with Gasteiger partial charge in [-0.05, 0) is 43.2 Å². The number of nitrogens with one attached hydrogen (secondary N) is 1. The van der Waals surface area contributed by atoms with E-state index in [1.165, 1.54) is 12.4 Å². The third kappa shape index (κ3) is 4.99. The van der Waals surface area contributed by atoms with Gasteiger partial charge in [-0.3, -0.25) is 0 Å². The minimum Gasteiger partial charge on any atom is -0.493 e. The lowest BCUT2D eigenvalue weighted by molar-refractivity contribution is 0.0692. The SMILES string of the molecule is C#Cc1cc2c(cc1CCNc1cc(-c3ccc(C(=O)O)c(OCC)c3)ncn1)OCCO2. The van der Waals surface area contributed by atoms with E-state index in [2.05, 4.69) is 21.2 Å². The predicted octanol–water partition coefficient (Wildman–Crippen LogP) is 3.65. The molecule has 0 saturated carbocycles. The fraction of sp³-hybridized carbons (Fsp3) is 0.240. The first-order valence-electron chi connectivity index (χ1n) is 10.5. The van der Waals surface area contributed by atoms with E-state index in [0.29, 0.717) is 61.5 Å². The maximum atomic E-state index is 11.4. The average molecular weight is 445 g/mol. The Bertz CT molecular complexity index is 1220. The largest absolute Gasteiger partial charge is 0.493 e. The molecule has 0 bridgehead atoms. The predicted molar refractivity (Wildman–Crippen MR) is 123 cm³/mol. The number of nitrogens with zero attached hydrogens (tertiary/aromatic N) is 2. The molecular formula is C25H23N3O5. The van der Waals surface area contributed by atoms with Crippen LogP contribution in [0.4, 0.5) is 5.82 Å². The molecule has 0 unspecified atom stereocenters. The van der Waals surface area contributed by atoms with Crippen molar-refractivity contribution < 1.29 is 24.1 Å². The molecule has 33 heavy (non-hydrogen) atoms. The van der Waals surface area contributed by atoms with Gasteiger partial charge in [-0.25, -0.2) is 14.8 Å². The third-order valence-electron chi connectivity index (χ3n) is 5.10. The number of carbonyl (C=O) groups is 1. The molecule has 0 fully saturated rings. The van der Waals surface area contributed by atoms with Crippen molar-refractivity contribution in [1.82, 2.24) is 9.97 Å². The number of aromatic carboxylic acids is 1. The second-order valence-corrected chi connectivity index (χ2v) is 7.21. The van der Waals surface area contributed by atoms with Crippen molar-refractivity contribution in [3.05, 3.63) is 59.4 Å². The highest BCUT2D eigenvalue weighted by Gasteiger charge is 2.16. The fourth-order valence-corrected chi connectivity index (χ4v) is 3.54. The van der Waals surface area contributed by atoms with E-state index in [1.807, 2.05) is 12.1 Å². The molecule has 168 valence electrons. The Kier molecular flexibility index (Phi) is 6.60. The lowest BCUT2D eigenvalue weighted by atomic mass is 10.0. The maximum absolute atomic E-state index is 11.4. The summed E-state index contributed by atoms with van der Waals surface area (Å²) in [5.74, 6) is 3.99. The number of terminal acetylenes is 1. The van der Waals surface area contributed by atoms with Crippen LogP contribution in [0.25, 0.3) is 11.3 Å². The zero-order chi connectivity index (χ0) is 23.2. The van der Waals surface area contributed by atoms with Gasteiger partial charge in [-0.2, -0.15) is 0 Å². The van der Waals surface area contributed by atoms with Crippen LogP contribution in [0.5, 0.6) is 17.2 Å². The molecular weight excluding hydrogens is 422 g/mol. The van der Waals surface area contributed by atoms with Crippen molar-refractivity contribution in [2.45, 2.75) is 13.3 Å². The van der Waals surface area contributed by atoms with Crippen LogP contribution in [0.1, 0.15) is 28.4 Å². The molecule has 1 aliphatic heterocycles. The molecule has 1 aromatic heterocycles. The van der Waals surface area contributed by atoms with Crippen LogP contribution < -0.4 is 19.5 Å². The molecule has 0 radical (unpaired) electrons. The number of hydrogen-bond donors (Lipinski definition) is 2. The number of fused-ring (bicyclic) bond motifs is 1. The van der Waals surface area contributed by atoms with Crippen molar-refractivity contribution in [2.24, 2.45) is 0 Å². The molecule has 1 aliphatic rings. The van der Waals surface area contributed by atoms with Gasteiger partial charge < -0.3 is 24.6 Å². The van der Waals surface area contributed by atoms with Crippen molar-refractivity contribution in [3.8, 4) is 40.8 Å². The van der Waals surface area contributed by atoms with E-state index < -0.39 is 5.97 Å². The minimum absolute atomic E-state index is 0.108. The smallest absolute Gasteiger partial charge is 0.339 e. The summed E-state index contributed by atoms with van der Waals surface area (Å²) in [6, 6.07) is 10.5. The van der Waals surface area contributed by atoms with Crippen LogP contribution in [-0.4, -0.2) is 47.4 Å². The van der Waals surface area contributed by atoms with Crippen molar-refractivity contribution >= 4 is 11.8 Å². The van der Waals surface area contributed by atoms with Crippen molar-refractivity contribution in [1.29, 1.82) is 0 Å². The number of hydrogen-bond acceptors (Lipinski definition) is 7. The Morgan fingerprint density at radius 1 is 1.18 bits per heavy atom. The molecule has 2 heterocycles. The molecule has 2 N–H and O–H groups in total. The van der Waals surface area contributed by atoms with Crippen LogP contribution in [0.3, 0.4) is 0 Å². The van der Waals surface area contributed by atoms with Crippen LogP contribution in [-0.2, 0) is 6.42 Å². The summed E-state index contributed by atoms with van der Waals surface area (Å²) in [5, 5.41) is 12.6. The Hall–Kier alpha value is -4.25. The number of carboxylic acid groups (broad SMARTS) is 1. The molecule has 8 nitrogen and oxygen atoms in total. The minimum atomic E-state index is -1.04. The number of ether oxygens (including phenoxy) is 3. The molecule has 0 amide bonds. The van der Waals surface area contributed by atoms with Gasteiger partial charge in [0.05, 0.1) is 12.3 Å². The summed E-state index contributed by atoms with van der Waals surface area (Å²) < 4.78 is 16.8. The Morgan fingerprint density at radius 2 is 1.97 bits per heavy atom. The number of anilines is 1. The van der Waals surface area contributed by atoms with Gasteiger partial charge in [0.15, 0.2) is 11.5 Å². The monoisotopic (exact) mass is 445 g/mol. The van der Waals surface area contributed by atoms with Gasteiger partial charge in [0.2, 0.25) is 0 Å². The number of rotatable bonds is 8. The van der Waals surface area contributed by atoms with E-state index in [9.17, 15) is 9.90 Å². The van der Waals surface area contributed by atoms with E-state index in [0.717, 1.165) is 16.7 Å². The molecule has 0 aliphatic carbocycles. The first-order valence-corrected chi connectivity index (χ1v) is 10.5. The Balaban J connectivity index is 1.48. The van der Waals surface area contributed by atoms with Crippen LogP contribution in [0.15, 0.2) is 42.7 Å². The van der Waals surface area contributed by atoms with E-state index in [1.54, 1.807) is 25.1 Å². The second-order valence-electron chi connectivity index (χ2n) is 7.21. The highest BCUT2D eigenvalue weighted by atomic mass is 16.6. The molecule has 2 aromatic carbocycles. The first kappa shape index (κ1) is 22.0. The lowest BCUT2D eigenvalue weighted by Crippen LogP contribution is -2.16. The quantitative estimate of drug-likeness (QED) is 0.507. The highest BCUT2D eigenvalue weighted by Crippen LogP contribution is 2.33. The normalized spacial score (nSPS) is 12.0. The van der Waals surface area contributed by atoms with Gasteiger partial charge in [0.1, 0.15) is 36.7 Å². The summed E-state index contributed by atoms with van der Waals surface area (Å²) in [5.41, 5.74) is 3.24. The van der Waals surface area contributed by atoms with Gasteiger partial charge in [0, 0.05) is 23.7 Å². The van der Waals surface area contributed by atoms with Crippen LogP contribution in [0, 0.1) is 12.3 Å². The first-order chi connectivity index (χ1) is 16.1. The Labute approximate surface area is 191 Å². The van der Waals surface area contributed by atoms with Gasteiger partial charge in [-0.1, -0.05) is 12.0 Å². The topological polar surface area (TPSA) is 103 Å². The lowest BCUT2D eigenvalue weighted by Gasteiger charge is -2.20. The number of benzene rings is 2. The zero-order valence-corrected chi connectivity index (χ0v) is 18.1. The number of aromatic nitrogens is 2.